The van der Waals surface area contributed by atoms with E-state index in [0.29, 0.717) is 11.4 Å². The molecule has 4 heteroatoms. The molecule has 0 aliphatic heterocycles. The summed E-state index contributed by atoms with van der Waals surface area (Å²) in [6, 6.07) is 24.9. The first-order valence-electron chi connectivity index (χ1n) is 7.86. The van der Waals surface area contributed by atoms with Gasteiger partial charge in [-0.15, -0.1) is 0 Å². The lowest BCUT2D eigenvalue weighted by Gasteiger charge is -2.06. The van der Waals surface area contributed by atoms with Gasteiger partial charge in [0.1, 0.15) is 5.58 Å². The second kappa shape index (κ2) is 6.57. The summed E-state index contributed by atoms with van der Waals surface area (Å²) in [5, 5.41) is 3.89. The van der Waals surface area contributed by atoms with Crippen LogP contribution in [0.2, 0.25) is 0 Å². The average Bonchev–Trinajstić information content (AvgIpc) is 3.00. The monoisotopic (exact) mass is 391 g/mol. The van der Waals surface area contributed by atoms with Gasteiger partial charge in [0.05, 0.1) is 5.56 Å². The fourth-order valence-corrected chi connectivity index (χ4v) is 3.07. The first-order valence-corrected chi connectivity index (χ1v) is 8.65. The predicted molar refractivity (Wildman–Crippen MR) is 104 cm³/mol. The topological polar surface area (TPSA) is 42.2 Å². The van der Waals surface area contributed by atoms with Crippen LogP contribution in [0.5, 0.6) is 0 Å². The van der Waals surface area contributed by atoms with Gasteiger partial charge < -0.3 is 4.42 Å². The van der Waals surface area contributed by atoms with Gasteiger partial charge in [0.25, 0.3) is 5.91 Å². The third-order valence-electron chi connectivity index (χ3n) is 3.99. The number of carbonyl (C=O) groups excluding carboxylic acids is 1. The molecule has 1 N–H and O–H groups in total. The highest BCUT2D eigenvalue weighted by molar-refractivity contribution is 9.10. The van der Waals surface area contributed by atoms with Crippen molar-refractivity contribution in [3.8, 4) is 11.1 Å². The van der Waals surface area contributed by atoms with Crippen molar-refractivity contribution in [3.05, 3.63) is 88.9 Å². The van der Waals surface area contributed by atoms with E-state index < -0.39 is 0 Å². The Morgan fingerprint density at radius 3 is 2.28 bits per heavy atom. The highest BCUT2D eigenvalue weighted by Gasteiger charge is 2.18. The number of halogens is 1. The average molecular weight is 392 g/mol. The smallest absolute Gasteiger partial charge is 0.257 e. The van der Waals surface area contributed by atoms with E-state index >= 15 is 0 Å². The Bertz CT molecular complexity index is 1040. The summed E-state index contributed by atoms with van der Waals surface area (Å²) in [4.78, 5) is 12.6. The fraction of sp³-hybridized carbons (Fsp3) is 0. The molecule has 0 aliphatic rings. The lowest BCUT2D eigenvalue weighted by molar-refractivity contribution is 0.102. The molecule has 0 unspecified atom stereocenters. The summed E-state index contributed by atoms with van der Waals surface area (Å²) in [6.45, 7) is 0. The number of anilines is 1. The molecule has 0 aliphatic carbocycles. The van der Waals surface area contributed by atoms with Crippen LogP contribution < -0.4 is 5.32 Å². The Morgan fingerprint density at radius 2 is 1.52 bits per heavy atom. The van der Waals surface area contributed by atoms with Crippen molar-refractivity contribution in [2.75, 3.05) is 5.32 Å². The van der Waals surface area contributed by atoms with Crippen LogP contribution in [0.3, 0.4) is 0 Å². The van der Waals surface area contributed by atoms with Crippen molar-refractivity contribution in [2.24, 2.45) is 0 Å². The van der Waals surface area contributed by atoms with Crippen LogP contribution >= 0.6 is 15.9 Å². The standard InChI is InChI=1S/C21H14BrNO2/c22-16-12-10-15(11-13-16)20(24)23-21-19(14-6-2-1-3-7-14)17-8-4-5-9-18(17)25-21/h1-13H,(H,23,24). The number of hydrogen-bond acceptors (Lipinski definition) is 2. The first kappa shape index (κ1) is 15.7. The number of nitrogens with one attached hydrogen (secondary N) is 1. The number of para-hydroxylation sites is 1. The number of carbonyl (C=O) groups is 1. The Hall–Kier alpha value is -2.85. The number of rotatable bonds is 3. The minimum Gasteiger partial charge on any atom is -0.440 e. The molecule has 1 heterocycles. The second-order valence-corrected chi connectivity index (χ2v) is 6.55. The minimum atomic E-state index is -0.205. The third kappa shape index (κ3) is 3.08. The van der Waals surface area contributed by atoms with Crippen molar-refractivity contribution in [3.63, 3.8) is 0 Å². The number of furan rings is 1. The molecule has 0 bridgehead atoms. The number of amides is 1. The van der Waals surface area contributed by atoms with Crippen molar-refractivity contribution in [1.82, 2.24) is 0 Å². The van der Waals surface area contributed by atoms with E-state index in [4.69, 9.17) is 4.42 Å². The van der Waals surface area contributed by atoms with Gasteiger partial charge in [-0.3, -0.25) is 10.1 Å². The van der Waals surface area contributed by atoms with Crippen LogP contribution in [0.15, 0.2) is 87.8 Å². The summed E-state index contributed by atoms with van der Waals surface area (Å²) < 4.78 is 6.86. The van der Waals surface area contributed by atoms with Crippen LogP contribution in [-0.2, 0) is 0 Å². The molecule has 1 aromatic heterocycles. The first-order chi connectivity index (χ1) is 12.2. The molecule has 0 fully saturated rings. The Balaban J connectivity index is 1.79. The Kier molecular flexibility index (Phi) is 4.12. The van der Waals surface area contributed by atoms with Crippen molar-refractivity contribution in [2.45, 2.75) is 0 Å². The highest BCUT2D eigenvalue weighted by Crippen LogP contribution is 2.38. The Morgan fingerprint density at radius 1 is 0.840 bits per heavy atom. The van der Waals surface area contributed by atoms with Crippen LogP contribution in [-0.4, -0.2) is 5.91 Å². The molecule has 0 atom stereocenters. The lowest BCUT2D eigenvalue weighted by Crippen LogP contribution is -2.11. The molecule has 0 saturated heterocycles. The van der Waals surface area contributed by atoms with Crippen molar-refractivity contribution in [1.29, 1.82) is 0 Å². The largest absolute Gasteiger partial charge is 0.440 e. The zero-order chi connectivity index (χ0) is 17.2. The normalized spacial score (nSPS) is 10.8. The maximum atomic E-state index is 12.6. The van der Waals surface area contributed by atoms with Gasteiger partial charge >= 0.3 is 0 Å². The van der Waals surface area contributed by atoms with E-state index in [9.17, 15) is 4.79 Å². The second-order valence-electron chi connectivity index (χ2n) is 5.63. The molecule has 0 radical (unpaired) electrons. The number of hydrogen-bond donors (Lipinski definition) is 1. The molecule has 3 nitrogen and oxygen atoms in total. The summed E-state index contributed by atoms with van der Waals surface area (Å²) in [5.41, 5.74) is 3.20. The third-order valence-corrected chi connectivity index (χ3v) is 4.52. The number of fused-ring (bicyclic) bond motifs is 1. The van der Waals surface area contributed by atoms with E-state index in [1.54, 1.807) is 12.1 Å². The van der Waals surface area contributed by atoms with E-state index in [-0.39, 0.29) is 5.91 Å². The molecule has 4 aromatic rings. The minimum absolute atomic E-state index is 0.205. The maximum Gasteiger partial charge on any atom is 0.257 e. The molecular formula is C21H14BrNO2. The van der Waals surface area contributed by atoms with E-state index in [0.717, 1.165) is 26.6 Å². The van der Waals surface area contributed by atoms with Crippen molar-refractivity contribution < 1.29 is 9.21 Å². The van der Waals surface area contributed by atoms with Gasteiger partial charge in [-0.2, -0.15) is 0 Å². The van der Waals surface area contributed by atoms with Crippen LogP contribution in [0.4, 0.5) is 5.88 Å². The molecule has 0 saturated carbocycles. The van der Waals surface area contributed by atoms with E-state index in [1.165, 1.54) is 0 Å². The summed E-state index contributed by atoms with van der Waals surface area (Å²) in [6.07, 6.45) is 0. The van der Waals surface area contributed by atoms with Gasteiger partial charge in [0.2, 0.25) is 5.88 Å². The molecule has 122 valence electrons. The van der Waals surface area contributed by atoms with Crippen molar-refractivity contribution >= 4 is 38.7 Å². The zero-order valence-corrected chi connectivity index (χ0v) is 14.8. The fourth-order valence-electron chi connectivity index (χ4n) is 2.80. The maximum absolute atomic E-state index is 12.6. The van der Waals surface area contributed by atoms with Gasteiger partial charge in [0.15, 0.2) is 0 Å². The van der Waals surface area contributed by atoms with Gasteiger partial charge in [-0.05, 0) is 35.9 Å². The highest BCUT2D eigenvalue weighted by atomic mass is 79.9. The Labute approximate surface area is 153 Å². The zero-order valence-electron chi connectivity index (χ0n) is 13.2. The summed E-state index contributed by atoms with van der Waals surface area (Å²) in [5.74, 6) is 0.254. The molecular weight excluding hydrogens is 378 g/mol. The van der Waals surface area contributed by atoms with Gasteiger partial charge in [-0.25, -0.2) is 0 Å². The summed E-state index contributed by atoms with van der Waals surface area (Å²) in [7, 11) is 0. The van der Waals surface area contributed by atoms with Gasteiger partial charge in [0, 0.05) is 15.4 Å². The number of benzene rings is 3. The molecule has 25 heavy (non-hydrogen) atoms. The van der Waals surface area contributed by atoms with E-state index in [2.05, 4.69) is 21.2 Å². The quantitative estimate of drug-likeness (QED) is 0.457. The molecule has 4 rings (SSSR count). The predicted octanol–water partition coefficient (Wildman–Crippen LogP) is 6.11. The van der Waals surface area contributed by atoms with E-state index in [1.807, 2.05) is 66.7 Å². The van der Waals surface area contributed by atoms with Gasteiger partial charge in [-0.1, -0.05) is 64.5 Å². The summed E-state index contributed by atoms with van der Waals surface area (Å²) >= 11 is 3.38. The molecule has 3 aromatic carbocycles. The molecule has 1 amide bonds. The van der Waals surface area contributed by atoms with Crippen LogP contribution in [0.25, 0.3) is 22.1 Å². The van der Waals surface area contributed by atoms with Crippen LogP contribution in [0.1, 0.15) is 10.4 Å². The lowest BCUT2D eigenvalue weighted by atomic mass is 10.0. The van der Waals surface area contributed by atoms with Crippen LogP contribution in [0, 0.1) is 0 Å². The molecule has 0 spiro atoms. The SMILES string of the molecule is O=C(Nc1oc2ccccc2c1-c1ccccc1)c1ccc(Br)cc1.